The molecule has 0 atom stereocenters. The Morgan fingerprint density at radius 1 is 1.56 bits per heavy atom. The third-order valence-electron chi connectivity index (χ3n) is 2.95. The van der Waals surface area contributed by atoms with Crippen molar-refractivity contribution < 1.29 is 4.79 Å². The van der Waals surface area contributed by atoms with Gasteiger partial charge in [-0.1, -0.05) is 17.7 Å². The van der Waals surface area contributed by atoms with Crippen molar-refractivity contribution >= 4 is 11.6 Å². The standard InChI is InChI=1S/C12H17N3O/c1-9-4-5-11-10(7-9)3-2-6-15(11)8-12(16)14-13/h4-5,7H,2-3,6,8,13H2,1H3,(H,14,16). The van der Waals surface area contributed by atoms with Crippen molar-refractivity contribution in [3.8, 4) is 0 Å². The largest absolute Gasteiger partial charge is 0.362 e. The number of fused-ring (bicyclic) bond motifs is 1. The van der Waals surface area contributed by atoms with Crippen LogP contribution in [-0.4, -0.2) is 19.0 Å². The van der Waals surface area contributed by atoms with Crippen molar-refractivity contribution in [2.75, 3.05) is 18.0 Å². The van der Waals surface area contributed by atoms with Gasteiger partial charge in [0.2, 0.25) is 0 Å². The number of carbonyl (C=O) groups is 1. The summed E-state index contributed by atoms with van der Waals surface area (Å²) < 4.78 is 0. The minimum absolute atomic E-state index is 0.145. The van der Waals surface area contributed by atoms with E-state index >= 15 is 0 Å². The topological polar surface area (TPSA) is 58.4 Å². The number of rotatable bonds is 2. The molecular weight excluding hydrogens is 202 g/mol. The fourth-order valence-corrected chi connectivity index (χ4v) is 2.19. The number of nitrogens with zero attached hydrogens (tertiary/aromatic N) is 1. The molecule has 86 valence electrons. The molecule has 4 nitrogen and oxygen atoms in total. The summed E-state index contributed by atoms with van der Waals surface area (Å²) in [5.74, 6) is 4.96. The van der Waals surface area contributed by atoms with Gasteiger partial charge in [0.05, 0.1) is 6.54 Å². The highest BCUT2D eigenvalue weighted by Crippen LogP contribution is 2.27. The minimum Gasteiger partial charge on any atom is -0.362 e. The van der Waals surface area contributed by atoms with E-state index in [1.165, 1.54) is 16.8 Å². The van der Waals surface area contributed by atoms with Crippen LogP contribution in [0.25, 0.3) is 0 Å². The maximum Gasteiger partial charge on any atom is 0.253 e. The first kappa shape index (κ1) is 11.0. The summed E-state index contributed by atoms with van der Waals surface area (Å²) in [5.41, 5.74) is 5.94. The van der Waals surface area contributed by atoms with Gasteiger partial charge in [-0.25, -0.2) is 5.84 Å². The van der Waals surface area contributed by atoms with Gasteiger partial charge in [-0.2, -0.15) is 0 Å². The van der Waals surface area contributed by atoms with Gasteiger partial charge in [0.25, 0.3) is 5.91 Å². The molecular formula is C12H17N3O. The van der Waals surface area contributed by atoms with Crippen molar-refractivity contribution in [3.05, 3.63) is 29.3 Å². The molecule has 0 bridgehead atoms. The molecule has 1 aliphatic heterocycles. The number of amides is 1. The lowest BCUT2D eigenvalue weighted by molar-refractivity contribution is -0.119. The van der Waals surface area contributed by atoms with Crippen LogP contribution in [0.15, 0.2) is 18.2 Å². The quantitative estimate of drug-likeness (QED) is 0.438. The highest BCUT2D eigenvalue weighted by atomic mass is 16.2. The van der Waals surface area contributed by atoms with Gasteiger partial charge in [-0.3, -0.25) is 10.2 Å². The predicted molar refractivity (Wildman–Crippen MR) is 64.0 cm³/mol. The molecule has 3 N–H and O–H groups in total. The third-order valence-corrected chi connectivity index (χ3v) is 2.95. The maximum atomic E-state index is 11.3. The molecule has 0 radical (unpaired) electrons. The predicted octanol–water partition coefficient (Wildman–Crippen LogP) is 0.738. The number of anilines is 1. The smallest absolute Gasteiger partial charge is 0.253 e. The van der Waals surface area contributed by atoms with E-state index in [9.17, 15) is 4.79 Å². The Morgan fingerprint density at radius 3 is 3.12 bits per heavy atom. The normalized spacial score (nSPS) is 14.5. The lowest BCUT2D eigenvalue weighted by Crippen LogP contribution is -2.42. The van der Waals surface area contributed by atoms with Gasteiger partial charge in [0.1, 0.15) is 0 Å². The highest BCUT2D eigenvalue weighted by Gasteiger charge is 2.18. The third kappa shape index (κ3) is 2.17. The first-order chi connectivity index (χ1) is 7.70. The average Bonchev–Trinajstić information content (AvgIpc) is 2.28. The van der Waals surface area contributed by atoms with Crippen molar-refractivity contribution in [1.82, 2.24) is 5.43 Å². The van der Waals surface area contributed by atoms with Gasteiger partial charge in [-0.15, -0.1) is 0 Å². The van der Waals surface area contributed by atoms with Gasteiger partial charge < -0.3 is 4.90 Å². The summed E-state index contributed by atoms with van der Waals surface area (Å²) in [6.07, 6.45) is 2.19. The van der Waals surface area contributed by atoms with Crippen LogP contribution >= 0.6 is 0 Å². The Balaban J connectivity index is 2.23. The van der Waals surface area contributed by atoms with E-state index in [-0.39, 0.29) is 5.91 Å². The van der Waals surface area contributed by atoms with Crippen molar-refractivity contribution in [3.63, 3.8) is 0 Å². The Hall–Kier alpha value is -1.55. The van der Waals surface area contributed by atoms with Crippen molar-refractivity contribution in [2.45, 2.75) is 19.8 Å². The molecule has 0 aromatic heterocycles. The van der Waals surface area contributed by atoms with E-state index in [2.05, 4.69) is 35.4 Å². The summed E-state index contributed by atoms with van der Waals surface area (Å²) in [4.78, 5) is 13.4. The zero-order valence-corrected chi connectivity index (χ0v) is 9.49. The highest BCUT2D eigenvalue weighted by molar-refractivity contribution is 5.81. The average molecular weight is 219 g/mol. The minimum atomic E-state index is -0.145. The second-order valence-corrected chi connectivity index (χ2v) is 4.22. The van der Waals surface area contributed by atoms with E-state index < -0.39 is 0 Å². The second kappa shape index (κ2) is 4.53. The van der Waals surface area contributed by atoms with Gasteiger partial charge in [0.15, 0.2) is 0 Å². The number of hydrazine groups is 1. The lowest BCUT2D eigenvalue weighted by atomic mass is 9.99. The lowest BCUT2D eigenvalue weighted by Gasteiger charge is -2.30. The number of nitrogens with two attached hydrogens (primary N) is 1. The fourth-order valence-electron chi connectivity index (χ4n) is 2.19. The molecule has 1 aromatic rings. The number of benzene rings is 1. The van der Waals surface area contributed by atoms with Crippen LogP contribution in [0.4, 0.5) is 5.69 Å². The molecule has 1 amide bonds. The van der Waals surface area contributed by atoms with E-state index in [1.807, 2.05) is 0 Å². The van der Waals surface area contributed by atoms with Crippen LogP contribution in [0.3, 0.4) is 0 Å². The molecule has 2 rings (SSSR count). The van der Waals surface area contributed by atoms with E-state index in [0.29, 0.717) is 6.54 Å². The van der Waals surface area contributed by atoms with Crippen LogP contribution in [0.1, 0.15) is 17.5 Å². The summed E-state index contributed by atoms with van der Waals surface area (Å²) in [7, 11) is 0. The summed E-state index contributed by atoms with van der Waals surface area (Å²) in [6, 6.07) is 6.37. The Labute approximate surface area is 95.4 Å². The zero-order chi connectivity index (χ0) is 11.5. The molecule has 16 heavy (non-hydrogen) atoms. The summed E-state index contributed by atoms with van der Waals surface area (Å²) >= 11 is 0. The van der Waals surface area contributed by atoms with Gasteiger partial charge >= 0.3 is 0 Å². The Bertz CT molecular complexity index is 403. The number of hydrogen-bond acceptors (Lipinski definition) is 3. The van der Waals surface area contributed by atoms with E-state index in [1.54, 1.807) is 0 Å². The van der Waals surface area contributed by atoms with Crippen molar-refractivity contribution in [2.24, 2.45) is 5.84 Å². The first-order valence-corrected chi connectivity index (χ1v) is 5.54. The van der Waals surface area contributed by atoms with Crippen LogP contribution in [-0.2, 0) is 11.2 Å². The Morgan fingerprint density at radius 2 is 2.38 bits per heavy atom. The summed E-state index contributed by atoms with van der Waals surface area (Å²) in [5, 5.41) is 0. The van der Waals surface area contributed by atoms with Crippen LogP contribution in [0.5, 0.6) is 0 Å². The molecule has 1 aliphatic rings. The van der Waals surface area contributed by atoms with Crippen LogP contribution in [0, 0.1) is 6.92 Å². The van der Waals surface area contributed by atoms with Crippen molar-refractivity contribution in [1.29, 1.82) is 0 Å². The molecule has 4 heteroatoms. The SMILES string of the molecule is Cc1ccc2c(c1)CCCN2CC(=O)NN. The Kier molecular flexibility index (Phi) is 3.10. The first-order valence-electron chi connectivity index (χ1n) is 5.54. The number of carbonyl (C=O) groups excluding carboxylic acids is 1. The van der Waals surface area contributed by atoms with E-state index in [0.717, 1.165) is 19.4 Å². The van der Waals surface area contributed by atoms with Gasteiger partial charge in [0, 0.05) is 12.2 Å². The van der Waals surface area contributed by atoms with Gasteiger partial charge in [-0.05, 0) is 31.4 Å². The molecule has 1 heterocycles. The molecule has 1 aromatic carbocycles. The molecule has 0 aliphatic carbocycles. The summed E-state index contributed by atoms with van der Waals surface area (Å²) in [6.45, 7) is 3.35. The van der Waals surface area contributed by atoms with E-state index in [4.69, 9.17) is 5.84 Å². The molecule has 0 spiro atoms. The fraction of sp³-hybridized carbons (Fsp3) is 0.417. The molecule has 0 saturated heterocycles. The van der Waals surface area contributed by atoms with Crippen LogP contribution < -0.4 is 16.2 Å². The monoisotopic (exact) mass is 219 g/mol. The maximum absolute atomic E-state index is 11.3. The molecule has 0 saturated carbocycles. The number of aryl methyl sites for hydroxylation is 2. The second-order valence-electron chi connectivity index (χ2n) is 4.22. The number of hydrogen-bond donors (Lipinski definition) is 2. The molecule has 0 fully saturated rings. The zero-order valence-electron chi connectivity index (χ0n) is 9.49. The number of nitrogens with one attached hydrogen (secondary N) is 1. The van der Waals surface area contributed by atoms with Crippen LogP contribution in [0.2, 0.25) is 0 Å². The molecule has 0 unspecified atom stereocenters.